The van der Waals surface area contributed by atoms with Gasteiger partial charge in [0.05, 0.1) is 25.4 Å². The lowest BCUT2D eigenvalue weighted by molar-refractivity contribution is -0.235. The van der Waals surface area contributed by atoms with Crippen LogP contribution in [-0.4, -0.2) is 37.7 Å². The SMILES string of the molecule is CC(C)(CCCOc1ccccc1)C(/C=C/C=C/C1(C)CCCCC12OCCO2)OC(=O)c1ccccc1. The van der Waals surface area contributed by atoms with E-state index in [-0.39, 0.29) is 16.8 Å². The van der Waals surface area contributed by atoms with Gasteiger partial charge in [-0.2, -0.15) is 0 Å². The summed E-state index contributed by atoms with van der Waals surface area (Å²) in [6.07, 6.45) is 13.8. The van der Waals surface area contributed by atoms with Gasteiger partial charge in [0.15, 0.2) is 5.79 Å². The molecule has 204 valence electrons. The van der Waals surface area contributed by atoms with Crippen LogP contribution in [0.2, 0.25) is 0 Å². The highest BCUT2D eigenvalue weighted by atomic mass is 16.7. The first-order valence-electron chi connectivity index (χ1n) is 13.9. The number of rotatable bonds is 11. The molecule has 2 fully saturated rings. The van der Waals surface area contributed by atoms with E-state index in [4.69, 9.17) is 18.9 Å². The van der Waals surface area contributed by atoms with Crippen LogP contribution in [0.3, 0.4) is 0 Å². The topological polar surface area (TPSA) is 54.0 Å². The van der Waals surface area contributed by atoms with Crippen LogP contribution in [0.5, 0.6) is 5.75 Å². The zero-order chi connectivity index (χ0) is 26.9. The Kier molecular flexibility index (Phi) is 9.45. The number of esters is 1. The molecular weight excluding hydrogens is 476 g/mol. The zero-order valence-corrected chi connectivity index (χ0v) is 23.1. The fraction of sp³-hybridized carbons (Fsp3) is 0.485. The maximum absolute atomic E-state index is 13.0. The number of hydrogen-bond donors (Lipinski definition) is 0. The molecular formula is C33H42O5. The number of allylic oxidation sites excluding steroid dienone is 2. The molecule has 1 spiro atoms. The van der Waals surface area contributed by atoms with Gasteiger partial charge in [0.2, 0.25) is 0 Å². The number of hydrogen-bond acceptors (Lipinski definition) is 5. The smallest absolute Gasteiger partial charge is 0.338 e. The van der Waals surface area contributed by atoms with Crippen LogP contribution >= 0.6 is 0 Å². The second-order valence-electron chi connectivity index (χ2n) is 11.3. The largest absolute Gasteiger partial charge is 0.494 e. The summed E-state index contributed by atoms with van der Waals surface area (Å²) in [5, 5.41) is 0. The summed E-state index contributed by atoms with van der Waals surface area (Å²) in [5.41, 5.74) is 0.0755. The summed E-state index contributed by atoms with van der Waals surface area (Å²) in [6, 6.07) is 19.0. The molecule has 1 saturated heterocycles. The Balaban J connectivity index is 1.44. The highest BCUT2D eigenvalue weighted by Crippen LogP contribution is 2.50. The summed E-state index contributed by atoms with van der Waals surface area (Å²) in [4.78, 5) is 13.0. The Hall–Kier alpha value is -2.89. The quantitative estimate of drug-likeness (QED) is 0.175. The van der Waals surface area contributed by atoms with E-state index in [1.165, 1.54) is 0 Å². The fourth-order valence-corrected chi connectivity index (χ4v) is 5.49. The van der Waals surface area contributed by atoms with Crippen molar-refractivity contribution in [2.45, 2.75) is 71.2 Å². The van der Waals surface area contributed by atoms with Crippen molar-refractivity contribution in [3.63, 3.8) is 0 Å². The molecule has 0 radical (unpaired) electrons. The summed E-state index contributed by atoms with van der Waals surface area (Å²) >= 11 is 0. The summed E-state index contributed by atoms with van der Waals surface area (Å²) < 4.78 is 24.2. The van der Waals surface area contributed by atoms with Crippen molar-refractivity contribution >= 4 is 5.97 Å². The molecule has 0 bridgehead atoms. The summed E-state index contributed by atoms with van der Waals surface area (Å²) in [7, 11) is 0. The summed E-state index contributed by atoms with van der Waals surface area (Å²) in [6.45, 7) is 8.43. The maximum Gasteiger partial charge on any atom is 0.338 e. The Morgan fingerprint density at radius 3 is 2.34 bits per heavy atom. The molecule has 2 aliphatic rings. The van der Waals surface area contributed by atoms with Gasteiger partial charge in [-0.15, -0.1) is 0 Å². The van der Waals surface area contributed by atoms with Crippen molar-refractivity contribution in [3.8, 4) is 5.75 Å². The Bertz CT molecular complexity index is 1070. The van der Waals surface area contributed by atoms with Crippen LogP contribution < -0.4 is 4.74 Å². The van der Waals surface area contributed by atoms with Crippen molar-refractivity contribution in [2.75, 3.05) is 19.8 Å². The average Bonchev–Trinajstić information content (AvgIpc) is 3.41. The minimum atomic E-state index is -0.521. The minimum Gasteiger partial charge on any atom is -0.494 e. The van der Waals surface area contributed by atoms with Gasteiger partial charge in [0.1, 0.15) is 11.9 Å². The van der Waals surface area contributed by atoms with Crippen LogP contribution in [0.1, 0.15) is 69.7 Å². The standard InChI is InChI=1S/C33H42O5/c1-31(2,20-14-24-35-28-17-8-5-9-18-28)29(38-30(34)27-15-6-4-7-16-27)19-10-11-21-32(3)22-12-13-23-33(32)36-25-26-37-33/h4-11,15-19,21,29H,12-14,20,22-26H2,1-3H3/b19-10+,21-11+. The molecule has 0 N–H and O–H groups in total. The van der Waals surface area contributed by atoms with Crippen LogP contribution in [0.15, 0.2) is 85.0 Å². The number of para-hydroxylation sites is 1. The molecule has 0 aromatic heterocycles. The molecule has 5 nitrogen and oxygen atoms in total. The van der Waals surface area contributed by atoms with E-state index in [2.05, 4.69) is 32.9 Å². The third kappa shape index (κ3) is 6.95. The third-order valence-electron chi connectivity index (χ3n) is 7.93. The number of carbonyl (C=O) groups is 1. The second-order valence-corrected chi connectivity index (χ2v) is 11.3. The van der Waals surface area contributed by atoms with Crippen molar-refractivity contribution in [1.82, 2.24) is 0 Å². The Morgan fingerprint density at radius 2 is 1.63 bits per heavy atom. The minimum absolute atomic E-state index is 0.188. The highest BCUT2D eigenvalue weighted by molar-refractivity contribution is 5.89. The van der Waals surface area contributed by atoms with Crippen LogP contribution in [0.4, 0.5) is 0 Å². The molecule has 1 heterocycles. The van der Waals surface area contributed by atoms with E-state index in [0.717, 1.165) is 44.3 Å². The predicted octanol–water partition coefficient (Wildman–Crippen LogP) is 7.53. The number of benzene rings is 2. The molecule has 2 aromatic rings. The lowest BCUT2D eigenvalue weighted by Gasteiger charge is -2.46. The van der Waals surface area contributed by atoms with Gasteiger partial charge in [0.25, 0.3) is 0 Å². The van der Waals surface area contributed by atoms with Gasteiger partial charge in [-0.05, 0) is 56.0 Å². The monoisotopic (exact) mass is 518 g/mol. The normalized spacial score (nSPS) is 22.2. The average molecular weight is 519 g/mol. The summed E-state index contributed by atoms with van der Waals surface area (Å²) in [5.74, 6) is 0.0302. The Labute approximate surface area is 227 Å². The second kappa shape index (κ2) is 12.8. The fourth-order valence-electron chi connectivity index (χ4n) is 5.49. The first kappa shape index (κ1) is 28.1. The maximum atomic E-state index is 13.0. The van der Waals surface area contributed by atoms with E-state index < -0.39 is 11.9 Å². The lowest BCUT2D eigenvalue weighted by atomic mass is 9.70. The lowest BCUT2D eigenvalue weighted by Crippen LogP contribution is -2.48. The van der Waals surface area contributed by atoms with Crippen LogP contribution in [0.25, 0.3) is 0 Å². The van der Waals surface area contributed by atoms with E-state index in [1.807, 2.05) is 60.7 Å². The van der Waals surface area contributed by atoms with E-state index >= 15 is 0 Å². The van der Waals surface area contributed by atoms with Crippen LogP contribution in [-0.2, 0) is 14.2 Å². The van der Waals surface area contributed by atoms with Gasteiger partial charge in [-0.1, -0.05) is 81.8 Å². The molecule has 1 aliphatic carbocycles. The first-order valence-corrected chi connectivity index (χ1v) is 13.9. The molecule has 1 aliphatic heterocycles. The molecule has 4 rings (SSSR count). The van der Waals surface area contributed by atoms with Crippen LogP contribution in [0, 0.1) is 10.8 Å². The van der Waals surface area contributed by atoms with Gasteiger partial charge in [-0.3, -0.25) is 0 Å². The first-order chi connectivity index (χ1) is 18.3. The Morgan fingerprint density at radius 1 is 0.974 bits per heavy atom. The molecule has 0 amide bonds. The van der Waals surface area contributed by atoms with E-state index in [0.29, 0.717) is 25.4 Å². The van der Waals surface area contributed by atoms with Crippen molar-refractivity contribution < 1.29 is 23.7 Å². The van der Waals surface area contributed by atoms with Gasteiger partial charge < -0.3 is 18.9 Å². The third-order valence-corrected chi connectivity index (χ3v) is 7.93. The highest BCUT2D eigenvalue weighted by Gasteiger charge is 2.52. The van der Waals surface area contributed by atoms with E-state index in [9.17, 15) is 4.79 Å². The van der Waals surface area contributed by atoms with E-state index in [1.54, 1.807) is 12.1 Å². The number of carbonyl (C=O) groups excluding carboxylic acids is 1. The number of ether oxygens (including phenoxy) is 4. The van der Waals surface area contributed by atoms with Gasteiger partial charge in [0, 0.05) is 17.3 Å². The predicted molar refractivity (Wildman–Crippen MR) is 150 cm³/mol. The molecule has 2 aromatic carbocycles. The van der Waals surface area contributed by atoms with Crippen molar-refractivity contribution in [3.05, 3.63) is 90.5 Å². The molecule has 2 unspecified atom stereocenters. The van der Waals surface area contributed by atoms with Crippen molar-refractivity contribution in [1.29, 1.82) is 0 Å². The molecule has 5 heteroatoms. The molecule has 2 atom stereocenters. The van der Waals surface area contributed by atoms with Gasteiger partial charge >= 0.3 is 5.97 Å². The van der Waals surface area contributed by atoms with Crippen molar-refractivity contribution in [2.24, 2.45) is 10.8 Å². The molecule has 38 heavy (non-hydrogen) atoms. The molecule has 1 saturated carbocycles. The van der Waals surface area contributed by atoms with Gasteiger partial charge in [-0.25, -0.2) is 4.79 Å². The zero-order valence-electron chi connectivity index (χ0n) is 23.1.